The molecule has 8 heteroatoms. The van der Waals surface area contributed by atoms with Crippen LogP contribution in [-0.4, -0.2) is 47.1 Å². The Bertz CT molecular complexity index is 868. The van der Waals surface area contributed by atoms with Gasteiger partial charge in [-0.25, -0.2) is 9.78 Å². The Morgan fingerprint density at radius 2 is 1.81 bits per heavy atom. The second-order valence-corrected chi connectivity index (χ2v) is 10.4. The predicted octanol–water partition coefficient (Wildman–Crippen LogP) is 3.87. The second kappa shape index (κ2) is 12.1. The van der Waals surface area contributed by atoms with Crippen LogP contribution in [0.3, 0.4) is 0 Å². The number of esters is 1. The Morgan fingerprint density at radius 3 is 2.38 bits per heavy atom. The first-order chi connectivity index (χ1) is 15.2. The molecule has 0 aliphatic carbocycles. The van der Waals surface area contributed by atoms with Crippen LogP contribution in [0.25, 0.3) is 0 Å². The van der Waals surface area contributed by atoms with Crippen LogP contribution in [0.5, 0.6) is 11.6 Å². The van der Waals surface area contributed by atoms with E-state index >= 15 is 0 Å². The third-order valence-electron chi connectivity index (χ3n) is 4.86. The van der Waals surface area contributed by atoms with Gasteiger partial charge in [0, 0.05) is 23.8 Å². The Balaban J connectivity index is 2.27. The zero-order valence-electron chi connectivity index (χ0n) is 19.8. The van der Waals surface area contributed by atoms with Gasteiger partial charge in [-0.3, -0.25) is 0 Å². The van der Waals surface area contributed by atoms with E-state index in [0.717, 1.165) is 17.7 Å². The average Bonchev–Trinajstić information content (AvgIpc) is 2.77. The molecule has 0 radical (unpaired) electrons. The van der Waals surface area contributed by atoms with E-state index in [9.17, 15) is 9.35 Å². The molecule has 1 aromatic carbocycles. The molecule has 2 aromatic rings. The predicted molar refractivity (Wildman–Crippen MR) is 127 cm³/mol. The van der Waals surface area contributed by atoms with Crippen molar-refractivity contribution in [3.63, 3.8) is 0 Å². The number of aryl methyl sites for hydroxylation is 1. The second-order valence-electron chi connectivity index (χ2n) is 8.36. The normalized spacial score (nSPS) is 13.3. The van der Waals surface area contributed by atoms with Gasteiger partial charge in [-0.15, -0.1) is 4.72 Å². The van der Waals surface area contributed by atoms with Crippen molar-refractivity contribution in [2.24, 2.45) is 0 Å². The summed E-state index contributed by atoms with van der Waals surface area (Å²) >= 11 is -1.28. The lowest BCUT2D eigenvalue weighted by molar-refractivity contribution is 0.0524. The van der Waals surface area contributed by atoms with Gasteiger partial charge in [-0.05, 0) is 64.3 Å². The van der Waals surface area contributed by atoms with Crippen molar-refractivity contribution in [1.29, 1.82) is 0 Å². The maximum atomic E-state index is 12.9. The molecule has 176 valence electrons. The molecule has 0 bridgehead atoms. The van der Waals surface area contributed by atoms with E-state index in [2.05, 4.69) is 9.71 Å². The van der Waals surface area contributed by atoms with Gasteiger partial charge < -0.3 is 18.8 Å². The van der Waals surface area contributed by atoms with Crippen molar-refractivity contribution in [3.05, 3.63) is 53.2 Å². The highest BCUT2D eigenvalue weighted by Crippen LogP contribution is 2.21. The number of benzene rings is 1. The molecule has 2 rings (SSSR count). The summed E-state index contributed by atoms with van der Waals surface area (Å²) in [5.41, 5.74) is 2.09. The lowest BCUT2D eigenvalue weighted by Gasteiger charge is -2.28. The fourth-order valence-electron chi connectivity index (χ4n) is 3.04. The number of ether oxygens (including phenoxy) is 3. The smallest absolute Gasteiger partial charge is 0.339 e. The van der Waals surface area contributed by atoms with Gasteiger partial charge in [0.1, 0.15) is 10.5 Å². The molecular weight excluding hydrogens is 428 g/mol. The van der Waals surface area contributed by atoms with E-state index in [-0.39, 0.29) is 12.6 Å². The third-order valence-corrected chi connectivity index (χ3v) is 6.52. The summed E-state index contributed by atoms with van der Waals surface area (Å²) in [6.07, 6.45) is 1.88. The first-order valence-corrected chi connectivity index (χ1v) is 11.8. The van der Waals surface area contributed by atoms with Crippen LogP contribution in [-0.2, 0) is 28.9 Å². The Kier molecular flexibility index (Phi) is 9.81. The minimum Gasteiger partial charge on any atom is -0.598 e. The van der Waals surface area contributed by atoms with Gasteiger partial charge in [0.05, 0.1) is 38.1 Å². The molecule has 0 amide bonds. The van der Waals surface area contributed by atoms with Crippen molar-refractivity contribution in [2.45, 2.75) is 57.7 Å². The number of nitrogens with one attached hydrogen (secondary N) is 1. The first kappa shape index (κ1) is 26.0. The lowest BCUT2D eigenvalue weighted by atomic mass is 10.00. The number of methoxy groups -OCH3 is 2. The lowest BCUT2D eigenvalue weighted by Crippen LogP contribution is -2.46. The highest BCUT2D eigenvalue weighted by atomic mass is 32.2. The molecule has 0 saturated heterocycles. The third kappa shape index (κ3) is 7.69. The molecule has 2 atom stereocenters. The van der Waals surface area contributed by atoms with Gasteiger partial charge in [0.2, 0.25) is 5.88 Å². The largest absolute Gasteiger partial charge is 0.598 e. The van der Waals surface area contributed by atoms with Crippen LogP contribution >= 0.6 is 0 Å². The summed E-state index contributed by atoms with van der Waals surface area (Å²) in [6.45, 7) is 7.80. The number of pyridine rings is 1. The molecule has 2 unspecified atom stereocenters. The van der Waals surface area contributed by atoms with E-state index in [0.29, 0.717) is 30.0 Å². The van der Waals surface area contributed by atoms with Gasteiger partial charge in [0.15, 0.2) is 0 Å². The average molecular weight is 463 g/mol. The molecular formula is C24H34N2O5S. The molecule has 1 N–H and O–H groups in total. The Morgan fingerprint density at radius 1 is 1.12 bits per heavy atom. The quantitative estimate of drug-likeness (QED) is 0.400. The maximum Gasteiger partial charge on any atom is 0.339 e. The van der Waals surface area contributed by atoms with Crippen molar-refractivity contribution < 1.29 is 23.6 Å². The number of carbonyl (C=O) groups excluding carboxylic acids is 1. The van der Waals surface area contributed by atoms with Crippen LogP contribution in [0.2, 0.25) is 0 Å². The summed E-state index contributed by atoms with van der Waals surface area (Å²) in [6, 6.07) is 11.0. The molecule has 0 fully saturated rings. The number of hydrogen-bond donors (Lipinski definition) is 1. The number of rotatable bonds is 11. The molecule has 0 aliphatic heterocycles. The van der Waals surface area contributed by atoms with Crippen LogP contribution in [0.15, 0.2) is 36.4 Å². The number of carbonyl (C=O) groups is 1. The van der Waals surface area contributed by atoms with Crippen molar-refractivity contribution >= 4 is 17.3 Å². The van der Waals surface area contributed by atoms with Crippen molar-refractivity contribution in [1.82, 2.24) is 9.71 Å². The maximum absolute atomic E-state index is 12.9. The summed E-state index contributed by atoms with van der Waals surface area (Å²) in [5.74, 6) is 0.791. The van der Waals surface area contributed by atoms with E-state index < -0.39 is 22.1 Å². The van der Waals surface area contributed by atoms with Crippen LogP contribution in [0.4, 0.5) is 0 Å². The highest BCUT2D eigenvalue weighted by molar-refractivity contribution is 7.90. The van der Waals surface area contributed by atoms with E-state index in [1.54, 1.807) is 26.2 Å². The monoisotopic (exact) mass is 462 g/mol. The topological polar surface area (TPSA) is 92.7 Å². The zero-order chi connectivity index (χ0) is 23.7. The highest BCUT2D eigenvalue weighted by Gasteiger charge is 2.30. The Labute approximate surface area is 194 Å². The number of nitrogens with zero attached hydrogens (tertiary/aromatic N) is 1. The zero-order valence-corrected chi connectivity index (χ0v) is 20.6. The molecule has 0 spiro atoms. The SMILES string of the molecule is CCOC(=O)c1ccc(OC)nc1CC(CCc1ccc(OC)cc1)N[S+]([O-])C(C)(C)C. The minimum absolute atomic E-state index is 0.176. The number of hydrogen-bond acceptors (Lipinski definition) is 7. The van der Waals surface area contributed by atoms with Gasteiger partial charge in [-0.1, -0.05) is 12.1 Å². The van der Waals surface area contributed by atoms with Crippen LogP contribution in [0, 0.1) is 0 Å². The molecule has 7 nitrogen and oxygen atoms in total. The summed E-state index contributed by atoms with van der Waals surface area (Å²) in [4.78, 5) is 17.0. The standard InChI is InChI=1S/C24H34N2O5S/c1-7-31-23(27)20-14-15-22(30-6)25-21(20)16-18(26-32(28)24(2,3)4)11-8-17-9-12-19(29-5)13-10-17/h9-10,12-15,18,26H,7-8,11,16H2,1-6H3. The molecule has 0 aliphatic rings. The van der Waals surface area contributed by atoms with Crippen molar-refractivity contribution in [3.8, 4) is 11.6 Å². The van der Waals surface area contributed by atoms with Gasteiger partial charge in [0.25, 0.3) is 0 Å². The summed E-state index contributed by atoms with van der Waals surface area (Å²) < 4.78 is 31.4. The van der Waals surface area contributed by atoms with Gasteiger partial charge in [-0.2, -0.15) is 0 Å². The van der Waals surface area contributed by atoms with Crippen LogP contribution < -0.4 is 14.2 Å². The molecule has 1 heterocycles. The molecule has 32 heavy (non-hydrogen) atoms. The Hall–Kier alpha value is -2.29. The number of aromatic nitrogens is 1. The summed E-state index contributed by atoms with van der Waals surface area (Å²) in [5, 5.41) is 0. The first-order valence-electron chi connectivity index (χ1n) is 10.7. The summed E-state index contributed by atoms with van der Waals surface area (Å²) in [7, 11) is 3.17. The van der Waals surface area contributed by atoms with E-state index in [1.807, 2.05) is 45.0 Å². The minimum atomic E-state index is -1.28. The molecule has 0 saturated carbocycles. The van der Waals surface area contributed by atoms with E-state index in [1.165, 1.54) is 7.11 Å². The fraction of sp³-hybridized carbons (Fsp3) is 0.500. The van der Waals surface area contributed by atoms with E-state index in [4.69, 9.17) is 14.2 Å². The molecule has 1 aromatic heterocycles. The van der Waals surface area contributed by atoms with Crippen molar-refractivity contribution in [2.75, 3.05) is 20.8 Å². The fourth-order valence-corrected chi connectivity index (χ4v) is 3.90. The van der Waals surface area contributed by atoms with Gasteiger partial charge >= 0.3 is 5.97 Å². The van der Waals surface area contributed by atoms with Crippen LogP contribution in [0.1, 0.15) is 55.7 Å².